The number of nitrogens with zero attached hydrogens (tertiary/aromatic N) is 3. The number of ether oxygens (including phenoxy) is 2. The smallest absolute Gasteiger partial charge is 0.264 e. The first-order valence-corrected chi connectivity index (χ1v) is 13.3. The number of carbonyl (C=O) groups excluding carboxylic acids is 2. The molecular weight excluding hydrogens is 466 g/mol. The van der Waals surface area contributed by atoms with Crippen molar-refractivity contribution in [1.29, 1.82) is 0 Å². The summed E-state index contributed by atoms with van der Waals surface area (Å²) in [5, 5.41) is 1.85. The summed E-state index contributed by atoms with van der Waals surface area (Å²) in [6.45, 7) is 2.37. The van der Waals surface area contributed by atoms with Gasteiger partial charge in [0.05, 0.1) is 9.77 Å². The molecule has 5 rings (SSSR count). The highest BCUT2D eigenvalue weighted by molar-refractivity contribution is 7.89. The number of likely N-dealkylation sites (tertiary alicyclic amines) is 1. The van der Waals surface area contributed by atoms with Gasteiger partial charge < -0.3 is 19.3 Å². The predicted octanol–water partition coefficient (Wildman–Crippen LogP) is 1.66. The Bertz CT molecular complexity index is 1140. The Kier molecular flexibility index (Phi) is 6.02. The van der Waals surface area contributed by atoms with Crippen LogP contribution >= 0.6 is 11.3 Å². The Morgan fingerprint density at radius 2 is 1.73 bits per heavy atom. The molecule has 0 radical (unpaired) electrons. The van der Waals surface area contributed by atoms with Crippen LogP contribution in [0.1, 0.15) is 22.5 Å². The minimum absolute atomic E-state index is 0.103. The maximum atomic E-state index is 13.2. The number of rotatable bonds is 4. The van der Waals surface area contributed by atoms with Gasteiger partial charge in [-0.25, -0.2) is 8.42 Å². The zero-order chi connectivity index (χ0) is 23.0. The van der Waals surface area contributed by atoms with Crippen molar-refractivity contribution >= 4 is 33.2 Å². The molecule has 9 nitrogen and oxygen atoms in total. The molecule has 3 aliphatic rings. The number of sulfonamides is 1. The molecule has 11 heteroatoms. The quantitative estimate of drug-likeness (QED) is 0.646. The van der Waals surface area contributed by atoms with Crippen LogP contribution in [0.15, 0.2) is 40.6 Å². The van der Waals surface area contributed by atoms with Crippen molar-refractivity contribution in [1.82, 2.24) is 14.1 Å². The van der Waals surface area contributed by atoms with Gasteiger partial charge in [0.2, 0.25) is 15.9 Å². The second-order valence-corrected chi connectivity index (χ2v) is 11.1. The molecule has 33 heavy (non-hydrogen) atoms. The van der Waals surface area contributed by atoms with Crippen LogP contribution < -0.4 is 9.47 Å². The molecule has 1 atom stereocenters. The molecule has 176 valence electrons. The van der Waals surface area contributed by atoms with Crippen molar-refractivity contribution in [2.24, 2.45) is 0 Å². The fourth-order valence-corrected chi connectivity index (χ4v) is 6.62. The third-order valence-electron chi connectivity index (χ3n) is 6.23. The van der Waals surface area contributed by atoms with E-state index in [1.165, 1.54) is 27.8 Å². The number of thiophene rings is 1. The fourth-order valence-electron chi connectivity index (χ4n) is 4.50. The van der Waals surface area contributed by atoms with Crippen LogP contribution in [0.25, 0.3) is 0 Å². The van der Waals surface area contributed by atoms with Crippen LogP contribution in [-0.4, -0.2) is 86.3 Å². The maximum Gasteiger partial charge on any atom is 0.264 e. The van der Waals surface area contributed by atoms with Crippen LogP contribution in [0.5, 0.6) is 11.5 Å². The van der Waals surface area contributed by atoms with E-state index in [4.69, 9.17) is 9.47 Å². The third kappa shape index (κ3) is 4.20. The Balaban J connectivity index is 1.24. The van der Waals surface area contributed by atoms with Gasteiger partial charge in [-0.05, 0) is 36.4 Å². The third-order valence-corrected chi connectivity index (χ3v) is 8.98. The molecule has 1 aromatic carbocycles. The molecule has 0 bridgehead atoms. The predicted molar refractivity (Wildman–Crippen MR) is 121 cm³/mol. The van der Waals surface area contributed by atoms with E-state index < -0.39 is 16.1 Å². The highest BCUT2D eigenvalue weighted by atomic mass is 32.2. The molecule has 2 amide bonds. The molecule has 0 N–H and O–H groups in total. The normalized spacial score (nSPS) is 21.3. The average molecular weight is 492 g/mol. The van der Waals surface area contributed by atoms with Gasteiger partial charge in [-0.15, -0.1) is 11.3 Å². The van der Waals surface area contributed by atoms with E-state index >= 15 is 0 Å². The van der Waals surface area contributed by atoms with E-state index in [1.807, 2.05) is 11.4 Å². The van der Waals surface area contributed by atoms with Gasteiger partial charge in [0.1, 0.15) is 19.3 Å². The highest BCUT2D eigenvalue weighted by Gasteiger charge is 2.39. The van der Waals surface area contributed by atoms with Crippen molar-refractivity contribution in [2.75, 3.05) is 45.9 Å². The zero-order valence-electron chi connectivity index (χ0n) is 18.0. The lowest BCUT2D eigenvalue weighted by molar-refractivity contribution is -0.136. The van der Waals surface area contributed by atoms with Gasteiger partial charge in [0.25, 0.3) is 5.91 Å². The Morgan fingerprint density at radius 3 is 2.45 bits per heavy atom. The molecule has 1 aromatic heterocycles. The first kappa shape index (κ1) is 22.2. The van der Waals surface area contributed by atoms with E-state index in [0.717, 1.165) is 6.42 Å². The molecule has 0 spiro atoms. The summed E-state index contributed by atoms with van der Waals surface area (Å²) >= 11 is 1.37. The molecule has 0 aliphatic carbocycles. The standard InChI is InChI=1S/C22H25N3O6S2/c26-21(17-3-1-7-25(17)22(27)20-4-2-14-32-20)23-8-10-24(11-9-23)33(28,29)16-5-6-18-19(15-16)31-13-12-30-18/h2,4-6,14-15,17H,1,3,7-13H2/t17-/m0/s1. The molecule has 0 unspecified atom stereocenters. The summed E-state index contributed by atoms with van der Waals surface area (Å²) in [5.41, 5.74) is 0. The molecular formula is C22H25N3O6S2. The van der Waals surface area contributed by atoms with Gasteiger partial charge in [0.15, 0.2) is 11.5 Å². The van der Waals surface area contributed by atoms with E-state index in [-0.39, 0.29) is 29.8 Å². The van der Waals surface area contributed by atoms with Crippen LogP contribution in [0.3, 0.4) is 0 Å². The summed E-state index contributed by atoms with van der Waals surface area (Å²) in [6, 6.07) is 7.74. The monoisotopic (exact) mass is 491 g/mol. The van der Waals surface area contributed by atoms with Crippen molar-refractivity contribution < 1.29 is 27.5 Å². The second kappa shape index (κ2) is 8.96. The van der Waals surface area contributed by atoms with Gasteiger partial charge in [-0.3, -0.25) is 9.59 Å². The van der Waals surface area contributed by atoms with Crippen LogP contribution in [0.2, 0.25) is 0 Å². The first-order chi connectivity index (χ1) is 15.9. The van der Waals surface area contributed by atoms with Crippen LogP contribution in [0, 0.1) is 0 Å². The van der Waals surface area contributed by atoms with E-state index in [2.05, 4.69) is 0 Å². The summed E-state index contributed by atoms with van der Waals surface area (Å²) in [7, 11) is -3.72. The Morgan fingerprint density at radius 1 is 0.970 bits per heavy atom. The average Bonchev–Trinajstić information content (AvgIpc) is 3.55. The minimum atomic E-state index is -3.72. The van der Waals surface area contributed by atoms with Gasteiger partial charge in [-0.1, -0.05) is 6.07 Å². The van der Waals surface area contributed by atoms with Crippen molar-refractivity contribution in [3.05, 3.63) is 40.6 Å². The fraction of sp³-hybridized carbons (Fsp3) is 0.455. The molecule has 0 saturated carbocycles. The largest absolute Gasteiger partial charge is 0.486 e. The maximum absolute atomic E-state index is 13.2. The summed E-state index contributed by atoms with van der Waals surface area (Å²) < 4.78 is 38.7. The van der Waals surface area contributed by atoms with Crippen molar-refractivity contribution in [2.45, 2.75) is 23.8 Å². The van der Waals surface area contributed by atoms with Gasteiger partial charge >= 0.3 is 0 Å². The number of carbonyl (C=O) groups is 2. The number of hydrogen-bond acceptors (Lipinski definition) is 7. The first-order valence-electron chi connectivity index (χ1n) is 11.0. The van der Waals surface area contributed by atoms with Crippen LogP contribution in [-0.2, 0) is 14.8 Å². The lowest BCUT2D eigenvalue weighted by Gasteiger charge is -2.36. The number of amides is 2. The second-order valence-electron chi connectivity index (χ2n) is 8.17. The summed E-state index contributed by atoms with van der Waals surface area (Å²) in [4.78, 5) is 30.1. The summed E-state index contributed by atoms with van der Waals surface area (Å²) in [5.74, 6) is 0.746. The topological polar surface area (TPSA) is 96.5 Å². The van der Waals surface area contributed by atoms with Crippen molar-refractivity contribution in [3.63, 3.8) is 0 Å². The molecule has 2 fully saturated rings. The van der Waals surface area contributed by atoms with E-state index in [1.54, 1.807) is 21.9 Å². The molecule has 3 aliphatic heterocycles. The van der Waals surface area contributed by atoms with Gasteiger partial charge in [-0.2, -0.15) is 4.31 Å². The number of benzene rings is 1. The lowest BCUT2D eigenvalue weighted by Crippen LogP contribution is -2.55. The molecule has 2 aromatic rings. The number of piperazine rings is 1. The molecule has 2 saturated heterocycles. The van der Waals surface area contributed by atoms with Crippen molar-refractivity contribution in [3.8, 4) is 11.5 Å². The zero-order valence-corrected chi connectivity index (χ0v) is 19.6. The van der Waals surface area contributed by atoms with E-state index in [0.29, 0.717) is 55.6 Å². The Labute approximate surface area is 196 Å². The summed E-state index contributed by atoms with van der Waals surface area (Å²) in [6.07, 6.45) is 1.41. The molecule has 4 heterocycles. The van der Waals surface area contributed by atoms with E-state index in [9.17, 15) is 18.0 Å². The van der Waals surface area contributed by atoms with Crippen LogP contribution in [0.4, 0.5) is 0 Å². The SMILES string of the molecule is O=C([C@@H]1CCCN1C(=O)c1cccs1)N1CCN(S(=O)(=O)c2ccc3c(c2)OCCO3)CC1. The lowest BCUT2D eigenvalue weighted by atomic mass is 10.1. The Hall–Kier alpha value is -2.63. The highest BCUT2D eigenvalue weighted by Crippen LogP contribution is 2.33. The number of fused-ring (bicyclic) bond motifs is 1. The minimum Gasteiger partial charge on any atom is -0.486 e. The number of hydrogen-bond donors (Lipinski definition) is 0. The van der Waals surface area contributed by atoms with Gasteiger partial charge in [0, 0.05) is 38.8 Å².